The van der Waals surface area contributed by atoms with Gasteiger partial charge >= 0.3 is 0 Å². The molecule has 0 N–H and O–H groups in total. The molecule has 0 saturated carbocycles. The lowest BCUT2D eigenvalue weighted by atomic mass is 9.70. The Labute approximate surface area is 564 Å². The minimum atomic E-state index is 1.19. The molecule has 15 aromatic rings. The number of hydrogen-bond acceptors (Lipinski definition) is 0. The molecule has 0 aliphatic carbocycles. The summed E-state index contributed by atoms with van der Waals surface area (Å²) in [6, 6.07) is 36.3. The van der Waals surface area contributed by atoms with Gasteiger partial charge in [-0.1, -0.05) is 344 Å². The molecule has 0 aromatic heterocycles. The van der Waals surface area contributed by atoms with Crippen molar-refractivity contribution in [3.8, 4) is 0 Å². The summed E-state index contributed by atoms with van der Waals surface area (Å²) in [6.45, 7) is 9.37. The second kappa shape index (κ2) is 29.4. The minimum Gasteiger partial charge on any atom is -0.0654 e. The van der Waals surface area contributed by atoms with Gasteiger partial charge in [-0.15, -0.1) is 0 Å². The Morgan fingerprint density at radius 2 is 0.287 bits per heavy atom. The van der Waals surface area contributed by atoms with Gasteiger partial charge in [0.2, 0.25) is 0 Å². The predicted octanol–water partition coefficient (Wildman–Crippen LogP) is 31.2. The standard InChI is InChI=1S/C94H114/c1-5-9-13-17-21-25-29-33-37-41-47-63-65(49-43-39-35-31-27-23-19-15-11-7-3)73-57-61-77-78-62-58-74-66(50-44-40-36-32-28-24-20-16-12-8-4)64(48-42-38-34-30-26-22-18-14-10-6-2)72-56-60-76-70-54-46-52-68-67-51-45-53-69-75-59-55-71(63)81-83(73)87(77)93-91(85(75)81)89(79(67)69)90(80(68)70)92-86(76)82(72)84(74)88(78)94(92)93/h45-46,51-62H,5-44,47-50H2,1-4H3. The monoisotopic (exact) mass is 1240 g/mol. The van der Waals surface area contributed by atoms with Gasteiger partial charge < -0.3 is 0 Å². The van der Waals surface area contributed by atoms with Crippen molar-refractivity contribution in [2.45, 2.75) is 310 Å². The van der Waals surface area contributed by atoms with Gasteiger partial charge in [0.25, 0.3) is 0 Å². The molecular formula is C94H114. The molecule has 0 amide bonds. The zero-order chi connectivity index (χ0) is 63.5. The molecule has 0 radical (unpaired) electrons. The van der Waals surface area contributed by atoms with Crippen LogP contribution in [0.15, 0.2) is 84.9 Å². The first kappa shape index (κ1) is 64.0. The summed E-state index contributed by atoms with van der Waals surface area (Å²) >= 11 is 0. The summed E-state index contributed by atoms with van der Waals surface area (Å²) in [6.07, 6.45) is 59.9. The number of fused-ring (bicyclic) bond motifs is 4. The van der Waals surface area contributed by atoms with Crippen LogP contribution < -0.4 is 0 Å². The lowest BCUT2D eigenvalue weighted by molar-refractivity contribution is 0.554. The van der Waals surface area contributed by atoms with Gasteiger partial charge in [-0.2, -0.15) is 0 Å². The van der Waals surface area contributed by atoms with Crippen molar-refractivity contribution in [2.24, 2.45) is 0 Å². The van der Waals surface area contributed by atoms with Gasteiger partial charge in [0.05, 0.1) is 0 Å². The number of hydrogen-bond donors (Lipinski definition) is 0. The van der Waals surface area contributed by atoms with Crippen LogP contribution in [-0.4, -0.2) is 0 Å². The van der Waals surface area contributed by atoms with Crippen LogP contribution in [0.5, 0.6) is 0 Å². The van der Waals surface area contributed by atoms with Crippen molar-refractivity contribution in [1.82, 2.24) is 0 Å². The molecule has 0 atom stereocenters. The molecule has 0 aliphatic heterocycles. The third-order valence-corrected chi connectivity index (χ3v) is 24.8. The zero-order valence-electron chi connectivity index (χ0n) is 59.2. The Bertz CT molecular complexity index is 4540. The van der Waals surface area contributed by atoms with Crippen LogP contribution in [0.2, 0.25) is 0 Å². The first-order valence-corrected chi connectivity index (χ1v) is 40.4. The van der Waals surface area contributed by atoms with Gasteiger partial charge in [0.1, 0.15) is 0 Å². The van der Waals surface area contributed by atoms with Crippen molar-refractivity contribution in [3.05, 3.63) is 107 Å². The smallest absolute Gasteiger partial charge is 0.0000244 e. The molecule has 0 saturated heterocycles. The van der Waals surface area contributed by atoms with E-state index in [4.69, 9.17) is 0 Å². The van der Waals surface area contributed by atoms with Gasteiger partial charge in [0.15, 0.2) is 0 Å². The van der Waals surface area contributed by atoms with E-state index in [0.29, 0.717) is 0 Å². The molecule has 0 nitrogen and oxygen atoms in total. The Hall–Kier alpha value is -5.98. The molecule has 0 heteroatoms. The third-order valence-electron chi connectivity index (χ3n) is 24.8. The van der Waals surface area contributed by atoms with E-state index in [1.807, 2.05) is 0 Å². The van der Waals surface area contributed by atoms with E-state index >= 15 is 0 Å². The number of rotatable bonds is 44. The summed E-state index contributed by atoms with van der Waals surface area (Å²) in [5.41, 5.74) is 6.77. The lowest BCUT2D eigenvalue weighted by Crippen LogP contribution is -2.06. The van der Waals surface area contributed by atoms with E-state index in [1.165, 1.54) is 336 Å². The van der Waals surface area contributed by atoms with Crippen LogP contribution in [0.1, 0.15) is 307 Å². The molecule has 0 unspecified atom stereocenters. The second-order valence-corrected chi connectivity index (χ2v) is 31.0. The second-order valence-electron chi connectivity index (χ2n) is 31.0. The van der Waals surface area contributed by atoms with Crippen molar-refractivity contribution >= 4 is 151 Å². The number of unbranched alkanes of at least 4 members (excludes halogenated alkanes) is 36. The highest BCUT2D eigenvalue weighted by Crippen LogP contribution is 2.63. The quantitative estimate of drug-likeness (QED) is 0.0203. The first-order chi connectivity index (χ1) is 46.7. The maximum absolute atomic E-state index is 2.70. The summed E-state index contributed by atoms with van der Waals surface area (Å²) in [4.78, 5) is 0. The maximum atomic E-state index is 2.70. The van der Waals surface area contributed by atoms with E-state index in [9.17, 15) is 0 Å². The van der Waals surface area contributed by atoms with Crippen molar-refractivity contribution in [2.75, 3.05) is 0 Å². The van der Waals surface area contributed by atoms with Crippen LogP contribution in [0.25, 0.3) is 151 Å². The molecule has 0 fully saturated rings. The van der Waals surface area contributed by atoms with Crippen LogP contribution in [0, 0.1) is 0 Å². The summed E-state index contributed by atoms with van der Waals surface area (Å²) < 4.78 is 0. The Balaban J connectivity index is 0.928. The van der Waals surface area contributed by atoms with Crippen molar-refractivity contribution in [3.63, 3.8) is 0 Å². The SMILES string of the molecule is CCCCCCCCCCCCc1c(CCCCCCCCCCCC)c2ccc3c4ccc5c(CCCCCCCCCCCC)c(CCCCCCCCCCCC)c6ccc7c8cccc9c%10cccc%11c%12ccc1c1c2c3c2c(c%121)c(c%10%11)c(c98)c1c7c6c5c4c12. The minimum absolute atomic E-state index is 1.19. The Kier molecular flexibility index (Phi) is 20.0. The maximum Gasteiger partial charge on any atom is -0.0000244 e. The normalized spacial score (nSPS) is 13.1. The van der Waals surface area contributed by atoms with Gasteiger partial charge in [0, 0.05) is 0 Å². The predicted molar refractivity (Wildman–Crippen MR) is 423 cm³/mol. The summed E-state index contributed by atoms with van der Waals surface area (Å²) in [5.74, 6) is 0. The van der Waals surface area contributed by atoms with Gasteiger partial charge in [-0.25, -0.2) is 0 Å². The fourth-order valence-electron chi connectivity index (χ4n) is 20.1. The van der Waals surface area contributed by atoms with Gasteiger partial charge in [-0.3, -0.25) is 0 Å². The lowest BCUT2D eigenvalue weighted by Gasteiger charge is -2.32. The van der Waals surface area contributed by atoms with Crippen LogP contribution >= 0.6 is 0 Å². The molecule has 490 valence electrons. The topological polar surface area (TPSA) is 0 Å². The molecular weight excluding hydrogens is 1130 g/mol. The highest BCUT2D eigenvalue weighted by Gasteiger charge is 2.35. The average molecular weight is 1240 g/mol. The van der Waals surface area contributed by atoms with E-state index in [2.05, 4.69) is 113 Å². The summed E-state index contributed by atoms with van der Waals surface area (Å²) in [7, 11) is 0. The van der Waals surface area contributed by atoms with Crippen molar-refractivity contribution < 1.29 is 0 Å². The van der Waals surface area contributed by atoms with Crippen LogP contribution in [-0.2, 0) is 25.7 Å². The highest BCUT2D eigenvalue weighted by molar-refractivity contribution is 6.63. The van der Waals surface area contributed by atoms with E-state index in [0.717, 1.165) is 0 Å². The first-order valence-electron chi connectivity index (χ1n) is 40.4. The molecule has 15 aromatic carbocycles. The molecule has 0 aliphatic rings. The molecule has 15 rings (SSSR count). The number of aryl methyl sites for hydroxylation is 4. The molecule has 0 spiro atoms. The highest BCUT2D eigenvalue weighted by atomic mass is 14.4. The Morgan fingerprint density at radius 3 is 0.489 bits per heavy atom. The molecule has 0 bridgehead atoms. The fraction of sp³-hybridized carbons (Fsp3) is 0.511. The summed E-state index contributed by atoms with van der Waals surface area (Å²) in [5, 5.41) is 43.1. The van der Waals surface area contributed by atoms with Crippen molar-refractivity contribution in [1.29, 1.82) is 0 Å². The third kappa shape index (κ3) is 11.4. The average Bonchev–Trinajstić information content (AvgIpc) is 0.638. The van der Waals surface area contributed by atoms with E-state index in [-0.39, 0.29) is 0 Å². The Morgan fingerprint density at radius 1 is 0.138 bits per heavy atom. The van der Waals surface area contributed by atoms with Gasteiger partial charge in [-0.05, 0) is 224 Å². The molecule has 94 heavy (non-hydrogen) atoms. The van der Waals surface area contributed by atoms with Crippen LogP contribution in [0.4, 0.5) is 0 Å². The fourth-order valence-corrected chi connectivity index (χ4v) is 20.1. The van der Waals surface area contributed by atoms with Crippen LogP contribution in [0.3, 0.4) is 0 Å². The molecule has 0 heterocycles. The number of benzene rings is 15. The van der Waals surface area contributed by atoms with E-state index in [1.54, 1.807) is 119 Å². The van der Waals surface area contributed by atoms with E-state index < -0.39 is 0 Å². The largest absolute Gasteiger partial charge is 0.0654 e. The zero-order valence-corrected chi connectivity index (χ0v) is 59.2.